The fraction of sp³-hybridized carbons (Fsp3) is 0.625. The van der Waals surface area contributed by atoms with Gasteiger partial charge in [-0.15, -0.1) is 10.2 Å². The lowest BCUT2D eigenvalue weighted by atomic mass is 10.4. The van der Waals surface area contributed by atoms with Gasteiger partial charge in [0.05, 0.1) is 6.20 Å². The summed E-state index contributed by atoms with van der Waals surface area (Å²) >= 11 is 1.52. The van der Waals surface area contributed by atoms with E-state index in [9.17, 15) is 0 Å². The highest BCUT2D eigenvalue weighted by Crippen LogP contribution is 2.16. The molecule has 0 aromatic carbocycles. The van der Waals surface area contributed by atoms with Crippen LogP contribution in [0.25, 0.3) is 0 Å². The zero-order chi connectivity index (χ0) is 9.10. The van der Waals surface area contributed by atoms with E-state index in [1.165, 1.54) is 24.6 Å². The minimum Gasteiger partial charge on any atom is -0.354 e. The minimum atomic E-state index is 0.739. The van der Waals surface area contributed by atoms with Gasteiger partial charge < -0.3 is 4.90 Å². The maximum Gasteiger partial charge on any atom is 0.208 e. The molecule has 70 valence electrons. The predicted octanol–water partition coefficient (Wildman–Crippen LogP) is 1.19. The molecule has 1 aliphatic heterocycles. The average Bonchev–Trinajstić information content (AvgIpc) is 2.71. The van der Waals surface area contributed by atoms with Gasteiger partial charge in [-0.1, -0.05) is 11.8 Å². The van der Waals surface area contributed by atoms with Crippen molar-refractivity contribution in [2.75, 3.05) is 24.2 Å². The lowest BCUT2D eigenvalue weighted by Crippen LogP contribution is -2.19. The molecule has 0 N–H and O–H groups in total. The van der Waals surface area contributed by atoms with Crippen molar-refractivity contribution in [1.29, 1.82) is 0 Å². The summed E-state index contributed by atoms with van der Waals surface area (Å²) in [5.74, 6) is 0.912. The topological polar surface area (TPSA) is 41.9 Å². The Morgan fingerprint density at radius 3 is 2.62 bits per heavy atom. The standard InChI is InChI=1S/C8H12N4S/c1-13-8-9-6-7(10-11-8)12-4-2-3-5-12/h6H,2-5H2,1H3. The average molecular weight is 196 g/mol. The van der Waals surface area contributed by atoms with Gasteiger partial charge in [0.1, 0.15) is 0 Å². The van der Waals surface area contributed by atoms with Crippen LogP contribution in [-0.2, 0) is 0 Å². The molecular weight excluding hydrogens is 184 g/mol. The van der Waals surface area contributed by atoms with Crippen LogP contribution in [0.5, 0.6) is 0 Å². The number of nitrogens with zero attached hydrogens (tertiary/aromatic N) is 4. The van der Waals surface area contributed by atoms with E-state index in [2.05, 4.69) is 20.1 Å². The molecule has 0 amide bonds. The van der Waals surface area contributed by atoms with Gasteiger partial charge in [0.15, 0.2) is 5.82 Å². The summed E-state index contributed by atoms with van der Waals surface area (Å²) in [4.78, 5) is 6.42. The zero-order valence-corrected chi connectivity index (χ0v) is 8.42. The third-order valence-corrected chi connectivity index (χ3v) is 2.69. The fourth-order valence-electron chi connectivity index (χ4n) is 1.44. The summed E-state index contributed by atoms with van der Waals surface area (Å²) in [5, 5.41) is 8.86. The molecule has 0 bridgehead atoms. The highest BCUT2D eigenvalue weighted by atomic mass is 32.2. The van der Waals surface area contributed by atoms with E-state index in [1.54, 1.807) is 0 Å². The van der Waals surface area contributed by atoms with Gasteiger partial charge in [0.25, 0.3) is 0 Å². The SMILES string of the molecule is CSc1ncc(N2CCCC2)nn1. The lowest BCUT2D eigenvalue weighted by Gasteiger charge is -2.14. The monoisotopic (exact) mass is 196 g/mol. The number of anilines is 1. The number of rotatable bonds is 2. The molecule has 4 nitrogen and oxygen atoms in total. The van der Waals surface area contributed by atoms with Gasteiger partial charge in [-0.25, -0.2) is 4.98 Å². The van der Waals surface area contributed by atoms with Crippen molar-refractivity contribution in [2.24, 2.45) is 0 Å². The maximum absolute atomic E-state index is 4.19. The van der Waals surface area contributed by atoms with Crippen LogP contribution in [0.4, 0.5) is 5.82 Å². The number of hydrogen-bond acceptors (Lipinski definition) is 5. The molecule has 0 radical (unpaired) electrons. The molecule has 0 aliphatic carbocycles. The van der Waals surface area contributed by atoms with E-state index in [4.69, 9.17) is 0 Å². The van der Waals surface area contributed by atoms with Gasteiger partial charge in [0, 0.05) is 13.1 Å². The van der Waals surface area contributed by atoms with Crippen LogP contribution in [0.3, 0.4) is 0 Å². The second-order valence-electron chi connectivity index (χ2n) is 3.00. The van der Waals surface area contributed by atoms with Gasteiger partial charge in [-0.2, -0.15) is 0 Å². The fourth-order valence-corrected chi connectivity index (χ4v) is 1.72. The Bertz CT molecular complexity index is 268. The molecule has 0 saturated carbocycles. The molecule has 0 atom stereocenters. The maximum atomic E-state index is 4.19. The Labute approximate surface area is 81.8 Å². The second kappa shape index (κ2) is 3.91. The molecule has 0 unspecified atom stereocenters. The zero-order valence-electron chi connectivity index (χ0n) is 7.60. The highest BCUT2D eigenvalue weighted by Gasteiger charge is 2.13. The van der Waals surface area contributed by atoms with Crippen molar-refractivity contribution >= 4 is 17.6 Å². The van der Waals surface area contributed by atoms with Crippen molar-refractivity contribution < 1.29 is 0 Å². The van der Waals surface area contributed by atoms with Crippen LogP contribution >= 0.6 is 11.8 Å². The van der Waals surface area contributed by atoms with E-state index < -0.39 is 0 Å². The van der Waals surface area contributed by atoms with E-state index in [0.29, 0.717) is 0 Å². The van der Waals surface area contributed by atoms with Crippen molar-refractivity contribution in [3.63, 3.8) is 0 Å². The van der Waals surface area contributed by atoms with Crippen molar-refractivity contribution in [2.45, 2.75) is 18.0 Å². The molecule has 5 heteroatoms. The lowest BCUT2D eigenvalue weighted by molar-refractivity contribution is 0.801. The number of hydrogen-bond donors (Lipinski definition) is 0. The Morgan fingerprint density at radius 1 is 1.31 bits per heavy atom. The molecule has 1 aromatic heterocycles. The van der Waals surface area contributed by atoms with Crippen LogP contribution in [0, 0.1) is 0 Å². The Balaban J connectivity index is 2.12. The Hall–Kier alpha value is -0.840. The first kappa shape index (κ1) is 8.74. The molecular formula is C8H12N4S. The highest BCUT2D eigenvalue weighted by molar-refractivity contribution is 7.98. The first-order chi connectivity index (χ1) is 6.40. The van der Waals surface area contributed by atoms with Crippen molar-refractivity contribution in [3.05, 3.63) is 6.20 Å². The van der Waals surface area contributed by atoms with E-state index in [-0.39, 0.29) is 0 Å². The van der Waals surface area contributed by atoms with Crippen LogP contribution in [0.2, 0.25) is 0 Å². The van der Waals surface area contributed by atoms with Crippen molar-refractivity contribution in [1.82, 2.24) is 15.2 Å². The van der Waals surface area contributed by atoms with Gasteiger partial charge in [-0.05, 0) is 19.1 Å². The third-order valence-electron chi connectivity index (χ3n) is 2.14. The molecule has 13 heavy (non-hydrogen) atoms. The van der Waals surface area contributed by atoms with E-state index in [0.717, 1.165) is 24.1 Å². The van der Waals surface area contributed by atoms with E-state index >= 15 is 0 Å². The molecule has 0 spiro atoms. The summed E-state index contributed by atoms with van der Waals surface area (Å²) in [7, 11) is 0. The smallest absolute Gasteiger partial charge is 0.208 e. The third kappa shape index (κ3) is 1.91. The Morgan fingerprint density at radius 2 is 2.08 bits per heavy atom. The van der Waals surface area contributed by atoms with E-state index in [1.807, 2.05) is 12.5 Å². The first-order valence-corrected chi connectivity index (χ1v) is 5.61. The van der Waals surface area contributed by atoms with Crippen LogP contribution in [0.1, 0.15) is 12.8 Å². The van der Waals surface area contributed by atoms with Crippen LogP contribution < -0.4 is 4.90 Å². The first-order valence-electron chi connectivity index (χ1n) is 4.39. The summed E-state index contributed by atoms with van der Waals surface area (Å²) in [6.45, 7) is 2.18. The molecule has 1 fully saturated rings. The Kier molecular flexibility index (Phi) is 2.63. The molecule has 2 heterocycles. The molecule has 1 aromatic rings. The molecule has 1 aliphatic rings. The molecule has 2 rings (SSSR count). The summed E-state index contributed by atoms with van der Waals surface area (Å²) in [5.41, 5.74) is 0. The largest absolute Gasteiger partial charge is 0.354 e. The minimum absolute atomic E-state index is 0.739. The predicted molar refractivity (Wildman–Crippen MR) is 53.1 cm³/mol. The van der Waals surface area contributed by atoms with Gasteiger partial charge >= 0.3 is 0 Å². The summed E-state index contributed by atoms with van der Waals surface area (Å²) in [6.07, 6.45) is 6.27. The number of aromatic nitrogens is 3. The quantitative estimate of drug-likeness (QED) is 0.665. The van der Waals surface area contributed by atoms with Gasteiger partial charge in [-0.3, -0.25) is 0 Å². The van der Waals surface area contributed by atoms with Crippen LogP contribution in [-0.4, -0.2) is 34.5 Å². The van der Waals surface area contributed by atoms with Crippen LogP contribution in [0.15, 0.2) is 11.4 Å². The van der Waals surface area contributed by atoms with Gasteiger partial charge in [0.2, 0.25) is 5.16 Å². The summed E-state index contributed by atoms with van der Waals surface area (Å²) < 4.78 is 0. The molecule has 1 saturated heterocycles. The van der Waals surface area contributed by atoms with Crippen molar-refractivity contribution in [3.8, 4) is 0 Å². The normalized spacial score (nSPS) is 16.5. The summed E-state index contributed by atoms with van der Waals surface area (Å²) in [6, 6.07) is 0. The number of thioether (sulfide) groups is 1. The second-order valence-corrected chi connectivity index (χ2v) is 3.77.